The average Bonchev–Trinajstić information content (AvgIpc) is 2.65. The Kier molecular flexibility index (Phi) is 3.06. The number of piperazine rings is 1. The van der Waals surface area contributed by atoms with E-state index in [1.165, 1.54) is 0 Å². The molecule has 3 N–H and O–H groups in total. The topological polar surface area (TPSA) is 84.9 Å². The summed E-state index contributed by atoms with van der Waals surface area (Å²) in [5, 5.41) is 8.63. The number of nitrogens with zero attached hydrogens (tertiary/aromatic N) is 5. The van der Waals surface area contributed by atoms with Crippen molar-refractivity contribution in [2.75, 3.05) is 30.3 Å². The molecule has 102 valence electrons. The van der Waals surface area contributed by atoms with Crippen LogP contribution in [0.2, 0.25) is 0 Å². The van der Waals surface area contributed by atoms with Crippen molar-refractivity contribution in [3.63, 3.8) is 0 Å². The van der Waals surface area contributed by atoms with Gasteiger partial charge in [0, 0.05) is 32.7 Å². The summed E-state index contributed by atoms with van der Waals surface area (Å²) in [6.45, 7) is 4.94. The van der Waals surface area contributed by atoms with Crippen LogP contribution in [0.1, 0.15) is 6.92 Å². The Morgan fingerprint density at radius 2 is 2.21 bits per heavy atom. The van der Waals surface area contributed by atoms with Gasteiger partial charge in [0.1, 0.15) is 10.4 Å². The van der Waals surface area contributed by atoms with Gasteiger partial charge in [-0.05, 0) is 22.9 Å². The van der Waals surface area contributed by atoms with E-state index in [2.05, 4.69) is 48.1 Å². The van der Waals surface area contributed by atoms with Crippen LogP contribution in [0.25, 0.3) is 11.0 Å². The summed E-state index contributed by atoms with van der Waals surface area (Å²) >= 11 is 3.48. The lowest BCUT2D eigenvalue weighted by Gasteiger charge is -2.35. The molecular weight excluding hydrogens is 310 g/mol. The predicted molar refractivity (Wildman–Crippen MR) is 78.1 cm³/mol. The molecule has 0 aromatic carbocycles. The Morgan fingerprint density at radius 3 is 2.95 bits per heavy atom. The average molecular weight is 326 g/mol. The van der Waals surface area contributed by atoms with Gasteiger partial charge >= 0.3 is 0 Å². The zero-order valence-corrected chi connectivity index (χ0v) is 12.5. The third kappa shape index (κ3) is 2.04. The largest absolute Gasteiger partial charge is 0.368 e. The molecular formula is C11H16BrN7. The summed E-state index contributed by atoms with van der Waals surface area (Å²) < 4.78 is 2.47. The van der Waals surface area contributed by atoms with Gasteiger partial charge in [-0.1, -0.05) is 0 Å². The van der Waals surface area contributed by atoms with E-state index in [1.54, 1.807) is 4.68 Å². The van der Waals surface area contributed by atoms with E-state index < -0.39 is 0 Å². The minimum Gasteiger partial charge on any atom is -0.368 e. The van der Waals surface area contributed by atoms with Gasteiger partial charge in [-0.15, -0.1) is 0 Å². The van der Waals surface area contributed by atoms with Crippen molar-refractivity contribution in [1.29, 1.82) is 0 Å². The van der Waals surface area contributed by atoms with Crippen LogP contribution in [0.3, 0.4) is 0 Å². The summed E-state index contributed by atoms with van der Waals surface area (Å²) in [4.78, 5) is 11.0. The summed E-state index contributed by atoms with van der Waals surface area (Å²) in [6, 6.07) is 0.360. The molecule has 19 heavy (non-hydrogen) atoms. The van der Waals surface area contributed by atoms with E-state index in [1.807, 2.05) is 7.05 Å². The van der Waals surface area contributed by atoms with Gasteiger partial charge in [-0.2, -0.15) is 15.1 Å². The Bertz CT molecular complexity index is 623. The van der Waals surface area contributed by atoms with Crippen LogP contribution in [-0.2, 0) is 7.05 Å². The summed E-state index contributed by atoms with van der Waals surface area (Å²) in [5.74, 6) is 1.14. The zero-order valence-electron chi connectivity index (χ0n) is 10.9. The van der Waals surface area contributed by atoms with Gasteiger partial charge in [-0.3, -0.25) is 0 Å². The molecule has 0 bridgehead atoms. The number of rotatable bonds is 1. The Labute approximate surface area is 119 Å². The summed E-state index contributed by atoms with van der Waals surface area (Å²) in [5.41, 5.74) is 6.58. The molecule has 3 rings (SSSR count). The molecule has 2 aromatic rings. The quantitative estimate of drug-likeness (QED) is 0.794. The second-order valence-corrected chi connectivity index (χ2v) is 5.52. The number of aryl methyl sites for hydroxylation is 1. The predicted octanol–water partition coefficient (Wildman–Crippen LogP) is 0.506. The van der Waals surface area contributed by atoms with E-state index >= 15 is 0 Å². The van der Waals surface area contributed by atoms with Gasteiger partial charge in [-0.25, -0.2) is 4.68 Å². The van der Waals surface area contributed by atoms with Gasteiger partial charge in [0.2, 0.25) is 5.95 Å². The van der Waals surface area contributed by atoms with Crippen LogP contribution in [0.4, 0.5) is 11.8 Å². The monoisotopic (exact) mass is 325 g/mol. The number of anilines is 2. The maximum absolute atomic E-state index is 5.83. The molecule has 0 unspecified atom stereocenters. The molecule has 1 atom stereocenters. The maximum Gasteiger partial charge on any atom is 0.224 e. The number of fused-ring (bicyclic) bond motifs is 1. The first-order chi connectivity index (χ1) is 9.08. The lowest BCUT2D eigenvalue weighted by molar-refractivity contribution is 0.498. The fraction of sp³-hybridized carbons (Fsp3) is 0.545. The molecule has 0 amide bonds. The normalized spacial score (nSPS) is 20.2. The lowest BCUT2D eigenvalue weighted by Crippen LogP contribution is -2.50. The SMILES string of the molecule is C[C@H]1CNCCN1c1nc(N)nc2c1c(Br)nn2C. The number of hydrogen-bond donors (Lipinski definition) is 2. The highest BCUT2D eigenvalue weighted by molar-refractivity contribution is 9.10. The fourth-order valence-corrected chi connectivity index (χ4v) is 3.06. The number of nitrogens with one attached hydrogen (secondary N) is 1. The highest BCUT2D eigenvalue weighted by Crippen LogP contribution is 2.31. The molecule has 0 radical (unpaired) electrons. The molecule has 8 heteroatoms. The molecule has 0 aliphatic carbocycles. The van der Waals surface area contributed by atoms with Crippen LogP contribution in [0.5, 0.6) is 0 Å². The van der Waals surface area contributed by atoms with Gasteiger partial charge in [0.25, 0.3) is 0 Å². The maximum atomic E-state index is 5.83. The van der Waals surface area contributed by atoms with Crippen LogP contribution in [0, 0.1) is 0 Å². The molecule has 3 heterocycles. The Morgan fingerprint density at radius 1 is 1.42 bits per heavy atom. The van der Waals surface area contributed by atoms with Crippen LogP contribution in [0.15, 0.2) is 4.60 Å². The van der Waals surface area contributed by atoms with Crippen molar-refractivity contribution >= 4 is 38.7 Å². The first-order valence-corrected chi connectivity index (χ1v) is 7.00. The second-order valence-electron chi connectivity index (χ2n) is 4.76. The number of nitrogen functional groups attached to an aromatic ring is 1. The van der Waals surface area contributed by atoms with Gasteiger partial charge in [0.05, 0.1) is 5.39 Å². The van der Waals surface area contributed by atoms with Crippen molar-refractivity contribution in [1.82, 2.24) is 25.1 Å². The van der Waals surface area contributed by atoms with Gasteiger partial charge in [0.15, 0.2) is 5.65 Å². The standard InChI is InChI=1S/C11H16BrN7/c1-6-5-14-3-4-19(6)10-7-8(12)17-18(2)9(7)15-11(13)16-10/h6,14H,3-5H2,1-2H3,(H2,13,15,16)/t6-/m0/s1. The fourth-order valence-electron chi connectivity index (χ4n) is 2.47. The summed E-state index contributed by atoms with van der Waals surface area (Å²) in [6.07, 6.45) is 0. The Hall–Kier alpha value is -1.41. The van der Waals surface area contributed by atoms with E-state index in [4.69, 9.17) is 5.73 Å². The van der Waals surface area contributed by atoms with E-state index in [9.17, 15) is 0 Å². The number of nitrogens with two attached hydrogens (primary N) is 1. The molecule has 0 spiro atoms. The van der Waals surface area contributed by atoms with Crippen molar-refractivity contribution in [2.45, 2.75) is 13.0 Å². The molecule has 1 aliphatic heterocycles. The minimum absolute atomic E-state index is 0.281. The number of hydrogen-bond acceptors (Lipinski definition) is 6. The van der Waals surface area contributed by atoms with Crippen molar-refractivity contribution < 1.29 is 0 Å². The molecule has 1 fully saturated rings. The minimum atomic E-state index is 0.281. The highest BCUT2D eigenvalue weighted by atomic mass is 79.9. The third-order valence-corrected chi connectivity index (χ3v) is 3.97. The van der Waals surface area contributed by atoms with Gasteiger partial charge < -0.3 is 16.0 Å². The van der Waals surface area contributed by atoms with Crippen LogP contribution in [-0.4, -0.2) is 45.4 Å². The molecule has 1 aliphatic rings. The Balaban J connectivity index is 2.21. The summed E-state index contributed by atoms with van der Waals surface area (Å²) in [7, 11) is 1.85. The van der Waals surface area contributed by atoms with Crippen LogP contribution >= 0.6 is 15.9 Å². The third-order valence-electron chi connectivity index (χ3n) is 3.41. The lowest BCUT2D eigenvalue weighted by atomic mass is 10.2. The van der Waals surface area contributed by atoms with Crippen molar-refractivity contribution in [2.24, 2.45) is 7.05 Å². The smallest absolute Gasteiger partial charge is 0.224 e. The second kappa shape index (κ2) is 4.61. The molecule has 0 saturated carbocycles. The first-order valence-electron chi connectivity index (χ1n) is 6.21. The zero-order chi connectivity index (χ0) is 13.6. The van der Waals surface area contributed by atoms with E-state index in [0.29, 0.717) is 6.04 Å². The first kappa shape index (κ1) is 12.6. The van der Waals surface area contributed by atoms with Crippen LogP contribution < -0.4 is 16.0 Å². The van der Waals surface area contributed by atoms with Crippen molar-refractivity contribution in [3.8, 4) is 0 Å². The highest BCUT2D eigenvalue weighted by Gasteiger charge is 2.25. The molecule has 2 aromatic heterocycles. The molecule has 7 nitrogen and oxygen atoms in total. The van der Waals surface area contributed by atoms with Crippen molar-refractivity contribution in [3.05, 3.63) is 4.60 Å². The number of halogens is 1. The van der Waals surface area contributed by atoms with E-state index in [0.717, 1.165) is 41.1 Å². The van der Waals surface area contributed by atoms with E-state index in [-0.39, 0.29) is 5.95 Å². The molecule has 1 saturated heterocycles. The number of aromatic nitrogens is 4.